The van der Waals surface area contributed by atoms with E-state index in [1.54, 1.807) is 0 Å². The van der Waals surface area contributed by atoms with E-state index < -0.39 is 0 Å². The van der Waals surface area contributed by atoms with E-state index >= 15 is 0 Å². The molecule has 0 aliphatic carbocycles. The van der Waals surface area contributed by atoms with E-state index in [9.17, 15) is 0 Å². The van der Waals surface area contributed by atoms with Crippen LogP contribution in [0.5, 0.6) is 0 Å². The summed E-state index contributed by atoms with van der Waals surface area (Å²) in [6, 6.07) is 8.66. The molecule has 2 aliphatic rings. The van der Waals surface area contributed by atoms with Crippen LogP contribution in [0.4, 0.5) is 0 Å². The van der Waals surface area contributed by atoms with Crippen molar-refractivity contribution in [3.63, 3.8) is 0 Å². The highest BCUT2D eigenvalue weighted by atomic mass is 35.5. The second-order valence-corrected chi connectivity index (χ2v) is 13.9. The lowest BCUT2D eigenvalue weighted by molar-refractivity contribution is -0.751. The maximum Gasteiger partial charge on any atom is 0.203 e. The summed E-state index contributed by atoms with van der Waals surface area (Å²) in [6.07, 6.45) is 25.7. The van der Waals surface area contributed by atoms with Crippen molar-refractivity contribution in [1.29, 1.82) is 0 Å². The van der Waals surface area contributed by atoms with Crippen molar-refractivity contribution in [3.8, 4) is 44.5 Å². The third kappa shape index (κ3) is 6.87. The number of hydrogen-bond acceptors (Lipinski definition) is 2. The molecular weight excluding hydrogens is 790 g/mol. The summed E-state index contributed by atoms with van der Waals surface area (Å²) in [6.45, 7) is 0. The second kappa shape index (κ2) is 15.6. The van der Waals surface area contributed by atoms with E-state index in [4.69, 9.17) is 9.97 Å². The Bertz CT molecular complexity index is 2400. The molecule has 16 heteroatoms. The van der Waals surface area contributed by atoms with Crippen LogP contribution in [0.1, 0.15) is 22.8 Å². The second-order valence-electron chi connectivity index (χ2n) is 13.9. The fourth-order valence-electron chi connectivity index (χ4n) is 7.41. The number of halogens is 4. The molecule has 0 amide bonds. The van der Waals surface area contributed by atoms with Crippen LogP contribution in [-0.2, 0) is 56.4 Å². The molecule has 56 heavy (non-hydrogen) atoms. The van der Waals surface area contributed by atoms with Crippen molar-refractivity contribution in [2.24, 2.45) is 56.4 Å². The van der Waals surface area contributed by atoms with Gasteiger partial charge in [0, 0.05) is 44.3 Å². The molecular formula is C40H42Cl4N12. The van der Waals surface area contributed by atoms with E-state index in [0.29, 0.717) is 0 Å². The summed E-state index contributed by atoms with van der Waals surface area (Å²) in [5.74, 6) is 0. The van der Waals surface area contributed by atoms with Gasteiger partial charge in [-0.05, 0) is 48.6 Å². The first-order valence-corrected chi connectivity index (χ1v) is 17.3. The average molecular weight is 833 g/mol. The molecule has 0 unspecified atom stereocenters. The van der Waals surface area contributed by atoms with Crippen LogP contribution in [0, 0.1) is 0 Å². The molecule has 7 aromatic rings. The summed E-state index contributed by atoms with van der Waals surface area (Å²) in [5, 5.41) is 0. The zero-order valence-electron chi connectivity index (χ0n) is 32.2. The Morgan fingerprint density at radius 1 is 0.393 bits per heavy atom. The highest BCUT2D eigenvalue weighted by molar-refractivity contribution is 5.99. The Morgan fingerprint density at radius 2 is 0.607 bits per heavy atom. The Balaban J connectivity index is 0.00000150. The lowest BCUT2D eigenvalue weighted by Gasteiger charge is -2.02. The van der Waals surface area contributed by atoms with Crippen LogP contribution in [-0.4, -0.2) is 38.7 Å². The van der Waals surface area contributed by atoms with Crippen molar-refractivity contribution in [3.05, 3.63) is 96.6 Å². The van der Waals surface area contributed by atoms with Crippen LogP contribution >= 0.6 is 0 Å². The largest absolute Gasteiger partial charge is 1.00 e. The van der Waals surface area contributed by atoms with Crippen molar-refractivity contribution in [1.82, 2.24) is 38.7 Å². The van der Waals surface area contributed by atoms with Gasteiger partial charge in [0.05, 0.1) is 98.0 Å². The summed E-state index contributed by atoms with van der Waals surface area (Å²) < 4.78 is 16.6. The van der Waals surface area contributed by atoms with Crippen LogP contribution in [0.2, 0.25) is 0 Å². The maximum absolute atomic E-state index is 5.41. The van der Waals surface area contributed by atoms with Crippen molar-refractivity contribution < 1.29 is 68.4 Å². The van der Waals surface area contributed by atoms with Crippen LogP contribution in [0.3, 0.4) is 0 Å². The molecule has 9 heterocycles. The molecule has 290 valence electrons. The molecule has 0 radical (unpaired) electrons. The maximum atomic E-state index is 5.41. The number of rotatable bonds is 4. The van der Waals surface area contributed by atoms with Crippen LogP contribution < -0.4 is 68.4 Å². The van der Waals surface area contributed by atoms with E-state index in [1.165, 1.54) is 0 Å². The van der Waals surface area contributed by atoms with Gasteiger partial charge in [0.1, 0.15) is 0 Å². The summed E-state index contributed by atoms with van der Waals surface area (Å²) in [4.78, 5) is 18.5. The van der Waals surface area contributed by atoms with Gasteiger partial charge < -0.3 is 59.6 Å². The topological polar surface area (TPSA) is 92.6 Å². The Morgan fingerprint density at radius 3 is 0.786 bits per heavy atom. The number of fused-ring (bicyclic) bond motifs is 8. The van der Waals surface area contributed by atoms with Gasteiger partial charge in [-0.2, -0.15) is 18.7 Å². The number of aryl methyl sites for hydroxylation is 8. The highest BCUT2D eigenvalue weighted by Gasteiger charge is 2.24. The first-order valence-electron chi connectivity index (χ1n) is 17.3. The molecule has 0 fully saturated rings. The standard InChI is InChI=1S/C40H42N12.4ClH/c1-45-17-25(18-46(45)2)37-29-9-11-31(41-29)38(26-19-47(3)48(4)20-26)33-13-15-35(43-33)40(28-23-51(7)52(8)24-28)36-16-14-34(44-36)39(32-12-10-30(37)42-32)27-21-49(5)50(6)22-27;;;;/h9-24,41,44H,1-8H3;4*1H/q+4;;;;/p-4. The van der Waals surface area contributed by atoms with Gasteiger partial charge in [0.15, 0.2) is 28.2 Å². The Labute approximate surface area is 349 Å². The third-order valence-corrected chi connectivity index (χ3v) is 10.5. The lowest BCUT2D eigenvalue weighted by atomic mass is 10.1. The first kappa shape index (κ1) is 41.8. The molecule has 0 aromatic carbocycles. The zero-order chi connectivity index (χ0) is 36.0. The molecule has 8 bridgehead atoms. The summed E-state index contributed by atoms with van der Waals surface area (Å²) in [7, 11) is 16.4. The molecule has 12 nitrogen and oxygen atoms in total. The Hall–Kier alpha value is -5.40. The summed E-state index contributed by atoms with van der Waals surface area (Å²) in [5.41, 5.74) is 15.8. The SMILES string of the molecule is Cn1cc(-c2c3nc(c(-c4cn(C)[n+](C)c4)c4ccc([nH]4)c(-c4cn(C)[n+](C)c4)c4nc(c(-c5cn(C)[n+](C)c5)c5ccc2[nH]5)C=C4)C=C3)c[n+]1C.[Cl-].[Cl-].[Cl-].[Cl-]. The minimum absolute atomic E-state index is 0. The van der Waals surface area contributed by atoms with E-state index in [1.807, 2.05) is 56.4 Å². The van der Waals surface area contributed by atoms with Gasteiger partial charge in [-0.3, -0.25) is 0 Å². The molecule has 9 rings (SSSR count). The number of aromatic nitrogens is 12. The van der Waals surface area contributed by atoms with Crippen molar-refractivity contribution >= 4 is 46.4 Å². The quantitative estimate of drug-likeness (QED) is 0.173. The number of aromatic amines is 2. The van der Waals surface area contributed by atoms with E-state index in [-0.39, 0.29) is 49.6 Å². The minimum atomic E-state index is 0. The van der Waals surface area contributed by atoms with Gasteiger partial charge in [-0.25, -0.2) is 9.97 Å². The third-order valence-electron chi connectivity index (χ3n) is 10.5. The number of H-pyrrole nitrogens is 2. The molecule has 2 aliphatic heterocycles. The zero-order valence-corrected chi connectivity index (χ0v) is 35.2. The van der Waals surface area contributed by atoms with E-state index in [2.05, 4.69) is 146 Å². The van der Waals surface area contributed by atoms with Crippen molar-refractivity contribution in [2.45, 2.75) is 0 Å². The van der Waals surface area contributed by atoms with Crippen LogP contribution in [0.25, 0.3) is 90.9 Å². The predicted octanol–water partition coefficient (Wildman–Crippen LogP) is -8.01. The molecule has 0 saturated carbocycles. The van der Waals surface area contributed by atoms with Crippen molar-refractivity contribution in [2.75, 3.05) is 0 Å². The smallest absolute Gasteiger partial charge is 0.203 e. The fraction of sp³-hybridized carbons (Fsp3) is 0.200. The van der Waals surface area contributed by atoms with Gasteiger partial charge in [-0.15, -0.1) is 18.7 Å². The normalized spacial score (nSPS) is 11.6. The molecule has 0 saturated heterocycles. The van der Waals surface area contributed by atoms with E-state index in [0.717, 1.165) is 89.4 Å². The number of nitrogens with zero attached hydrogens (tertiary/aromatic N) is 10. The highest BCUT2D eigenvalue weighted by Crippen LogP contribution is 2.37. The summed E-state index contributed by atoms with van der Waals surface area (Å²) >= 11 is 0. The minimum Gasteiger partial charge on any atom is -1.00 e. The average Bonchev–Trinajstić information content (AvgIpc) is 3.95. The molecule has 7 aromatic heterocycles. The fourth-order valence-corrected chi connectivity index (χ4v) is 7.41. The van der Waals surface area contributed by atoms with Gasteiger partial charge in [0.25, 0.3) is 0 Å². The lowest BCUT2D eigenvalue weighted by Crippen LogP contribution is -3.00. The molecule has 0 spiro atoms. The van der Waals surface area contributed by atoms with Gasteiger partial charge in [-0.1, -0.05) is 0 Å². The molecule has 2 N–H and O–H groups in total. The number of nitrogens with one attached hydrogen (secondary N) is 2. The first-order chi connectivity index (χ1) is 25.0. The molecule has 0 atom stereocenters. The van der Waals surface area contributed by atoms with Gasteiger partial charge in [0.2, 0.25) is 24.8 Å². The predicted molar refractivity (Wildman–Crippen MR) is 201 cm³/mol. The van der Waals surface area contributed by atoms with Crippen LogP contribution in [0.15, 0.2) is 73.8 Å². The number of hydrogen-bond donors (Lipinski definition) is 2. The Kier molecular flexibility index (Phi) is 11.6. The van der Waals surface area contributed by atoms with Gasteiger partial charge >= 0.3 is 0 Å². The monoisotopic (exact) mass is 830 g/mol.